The lowest BCUT2D eigenvalue weighted by Gasteiger charge is -2.21. The number of carbonyl (C=O) groups is 3. The van der Waals surface area contributed by atoms with Crippen molar-refractivity contribution in [3.8, 4) is 0 Å². The van der Waals surface area contributed by atoms with Gasteiger partial charge in [-0.1, -0.05) is 23.7 Å². The highest BCUT2D eigenvalue weighted by molar-refractivity contribution is 6.30. The SMILES string of the molecule is O=C(O)CN(Cc1ccc(Cl)cc1)C(=O)c1ccc(C(=O)NC2CC2)cc1. The molecule has 27 heavy (non-hydrogen) atoms. The molecule has 0 saturated heterocycles. The maximum atomic E-state index is 12.8. The van der Waals surface area contributed by atoms with E-state index < -0.39 is 18.4 Å². The Kier molecular flexibility index (Phi) is 5.76. The Morgan fingerprint density at radius 3 is 2.15 bits per heavy atom. The Hall–Kier alpha value is -2.86. The molecule has 140 valence electrons. The molecule has 0 radical (unpaired) electrons. The molecule has 0 aliphatic heterocycles. The summed E-state index contributed by atoms with van der Waals surface area (Å²) in [6, 6.07) is 13.4. The van der Waals surface area contributed by atoms with Gasteiger partial charge in [0.05, 0.1) is 0 Å². The number of halogens is 1. The van der Waals surface area contributed by atoms with E-state index in [0.29, 0.717) is 16.1 Å². The van der Waals surface area contributed by atoms with Crippen LogP contribution in [0.4, 0.5) is 0 Å². The fraction of sp³-hybridized carbons (Fsp3) is 0.250. The number of carbonyl (C=O) groups excluding carboxylic acids is 2. The molecule has 2 aromatic rings. The molecule has 3 rings (SSSR count). The van der Waals surface area contributed by atoms with Gasteiger partial charge in [-0.15, -0.1) is 0 Å². The third-order valence-corrected chi connectivity index (χ3v) is 4.46. The first-order valence-corrected chi connectivity index (χ1v) is 8.96. The van der Waals surface area contributed by atoms with E-state index in [1.165, 1.54) is 4.90 Å². The number of nitrogens with one attached hydrogen (secondary N) is 1. The van der Waals surface area contributed by atoms with Crippen molar-refractivity contribution in [2.24, 2.45) is 0 Å². The lowest BCUT2D eigenvalue weighted by molar-refractivity contribution is -0.137. The van der Waals surface area contributed by atoms with Crippen LogP contribution in [-0.4, -0.2) is 40.4 Å². The number of hydrogen-bond donors (Lipinski definition) is 2. The first kappa shape index (κ1) is 18.9. The topological polar surface area (TPSA) is 86.7 Å². The summed E-state index contributed by atoms with van der Waals surface area (Å²) in [7, 11) is 0. The molecule has 0 atom stereocenters. The van der Waals surface area contributed by atoms with Crippen LogP contribution in [0.15, 0.2) is 48.5 Å². The number of nitrogens with zero attached hydrogens (tertiary/aromatic N) is 1. The van der Waals surface area contributed by atoms with Crippen LogP contribution in [0.5, 0.6) is 0 Å². The lowest BCUT2D eigenvalue weighted by Crippen LogP contribution is -2.35. The van der Waals surface area contributed by atoms with E-state index in [2.05, 4.69) is 5.32 Å². The van der Waals surface area contributed by atoms with Crippen LogP contribution >= 0.6 is 11.6 Å². The summed E-state index contributed by atoms with van der Waals surface area (Å²) < 4.78 is 0. The average molecular weight is 387 g/mol. The van der Waals surface area contributed by atoms with Crippen LogP contribution in [0.3, 0.4) is 0 Å². The Labute approximate surface area is 161 Å². The molecule has 2 N–H and O–H groups in total. The van der Waals surface area contributed by atoms with Gasteiger partial charge in [0.1, 0.15) is 6.54 Å². The van der Waals surface area contributed by atoms with Gasteiger partial charge in [0.2, 0.25) is 0 Å². The standard InChI is InChI=1S/C20H19ClN2O4/c21-16-7-1-13(2-8-16)11-23(12-18(24)25)20(27)15-5-3-14(4-6-15)19(26)22-17-9-10-17/h1-8,17H,9-12H2,(H,22,26)(H,24,25). The number of carboxylic acid groups (broad SMARTS) is 1. The van der Waals surface area contributed by atoms with Gasteiger partial charge in [-0.2, -0.15) is 0 Å². The quantitative estimate of drug-likeness (QED) is 0.765. The minimum Gasteiger partial charge on any atom is -0.480 e. The number of rotatable bonds is 7. The van der Waals surface area contributed by atoms with E-state index in [1.807, 2.05) is 0 Å². The predicted octanol–water partition coefficient (Wildman–Crippen LogP) is 2.96. The minimum atomic E-state index is -1.10. The summed E-state index contributed by atoms with van der Waals surface area (Å²) in [6.45, 7) is -0.280. The van der Waals surface area contributed by atoms with E-state index in [0.717, 1.165) is 18.4 Å². The van der Waals surface area contributed by atoms with E-state index >= 15 is 0 Å². The van der Waals surface area contributed by atoms with Gasteiger partial charge in [0.25, 0.3) is 11.8 Å². The molecule has 1 saturated carbocycles. The summed E-state index contributed by atoms with van der Waals surface area (Å²) in [5.41, 5.74) is 1.57. The molecule has 2 amide bonds. The zero-order valence-corrected chi connectivity index (χ0v) is 15.3. The molecule has 1 aliphatic carbocycles. The van der Waals surface area contributed by atoms with Gasteiger partial charge < -0.3 is 15.3 Å². The second kappa shape index (κ2) is 8.22. The first-order valence-electron chi connectivity index (χ1n) is 8.59. The van der Waals surface area contributed by atoms with Crippen molar-refractivity contribution < 1.29 is 19.5 Å². The number of carboxylic acids is 1. The molecule has 0 heterocycles. The molecule has 0 unspecified atom stereocenters. The van der Waals surface area contributed by atoms with Gasteiger partial charge in [0.15, 0.2) is 0 Å². The Bertz CT molecular complexity index is 845. The second-order valence-electron chi connectivity index (χ2n) is 6.51. The molecule has 0 bridgehead atoms. The smallest absolute Gasteiger partial charge is 0.323 e. The van der Waals surface area contributed by atoms with E-state index in [9.17, 15) is 14.4 Å². The van der Waals surface area contributed by atoms with Gasteiger partial charge >= 0.3 is 5.97 Å². The van der Waals surface area contributed by atoms with Crippen molar-refractivity contribution in [3.05, 3.63) is 70.2 Å². The molecule has 0 spiro atoms. The maximum absolute atomic E-state index is 12.8. The predicted molar refractivity (Wildman–Crippen MR) is 101 cm³/mol. The second-order valence-corrected chi connectivity index (χ2v) is 6.94. The van der Waals surface area contributed by atoms with Crippen LogP contribution in [0.1, 0.15) is 39.1 Å². The molecular formula is C20H19ClN2O4. The lowest BCUT2D eigenvalue weighted by atomic mass is 10.1. The van der Waals surface area contributed by atoms with Gasteiger partial charge in [0, 0.05) is 28.7 Å². The molecule has 1 fully saturated rings. The number of amides is 2. The van der Waals surface area contributed by atoms with Crippen molar-refractivity contribution >= 4 is 29.4 Å². The molecule has 0 aromatic heterocycles. The molecule has 2 aromatic carbocycles. The third kappa shape index (κ3) is 5.31. The van der Waals surface area contributed by atoms with E-state index in [-0.39, 0.29) is 18.5 Å². The van der Waals surface area contributed by atoms with Crippen LogP contribution < -0.4 is 5.32 Å². The summed E-state index contributed by atoms with van der Waals surface area (Å²) in [6.07, 6.45) is 1.99. The highest BCUT2D eigenvalue weighted by atomic mass is 35.5. The Morgan fingerprint density at radius 2 is 1.59 bits per heavy atom. The number of hydrogen-bond acceptors (Lipinski definition) is 3. The molecule has 7 heteroatoms. The van der Waals surface area contributed by atoms with Gasteiger partial charge in [-0.3, -0.25) is 14.4 Å². The monoisotopic (exact) mass is 386 g/mol. The summed E-state index contributed by atoms with van der Waals surface area (Å²) in [4.78, 5) is 37.2. The highest BCUT2D eigenvalue weighted by Gasteiger charge is 2.24. The van der Waals surface area contributed by atoms with E-state index in [4.69, 9.17) is 16.7 Å². The molecular weight excluding hydrogens is 368 g/mol. The van der Waals surface area contributed by atoms with Crippen molar-refractivity contribution in [1.82, 2.24) is 10.2 Å². The first-order chi connectivity index (χ1) is 12.9. The molecule has 1 aliphatic rings. The van der Waals surface area contributed by atoms with Crippen LogP contribution in [0.25, 0.3) is 0 Å². The Balaban J connectivity index is 1.73. The zero-order valence-electron chi connectivity index (χ0n) is 14.5. The van der Waals surface area contributed by atoms with Crippen molar-refractivity contribution in [2.45, 2.75) is 25.4 Å². The Morgan fingerprint density at radius 1 is 1.00 bits per heavy atom. The van der Waals surface area contributed by atoms with Crippen molar-refractivity contribution in [1.29, 1.82) is 0 Å². The highest BCUT2D eigenvalue weighted by Crippen LogP contribution is 2.19. The van der Waals surface area contributed by atoms with Gasteiger partial charge in [-0.05, 0) is 54.8 Å². The zero-order chi connectivity index (χ0) is 19.4. The fourth-order valence-corrected chi connectivity index (χ4v) is 2.74. The van der Waals surface area contributed by atoms with Crippen molar-refractivity contribution in [3.63, 3.8) is 0 Å². The largest absolute Gasteiger partial charge is 0.480 e. The molecule has 6 nitrogen and oxygen atoms in total. The summed E-state index contributed by atoms with van der Waals surface area (Å²) in [5.74, 6) is -1.68. The fourth-order valence-electron chi connectivity index (χ4n) is 2.62. The van der Waals surface area contributed by atoms with Crippen LogP contribution in [0, 0.1) is 0 Å². The number of benzene rings is 2. The summed E-state index contributed by atoms with van der Waals surface area (Å²) >= 11 is 5.86. The maximum Gasteiger partial charge on any atom is 0.323 e. The van der Waals surface area contributed by atoms with Crippen LogP contribution in [-0.2, 0) is 11.3 Å². The summed E-state index contributed by atoms with van der Waals surface area (Å²) in [5, 5.41) is 12.6. The average Bonchev–Trinajstić information content (AvgIpc) is 3.46. The van der Waals surface area contributed by atoms with Gasteiger partial charge in [-0.25, -0.2) is 0 Å². The van der Waals surface area contributed by atoms with Crippen LogP contribution in [0.2, 0.25) is 5.02 Å². The third-order valence-electron chi connectivity index (χ3n) is 4.21. The normalized spacial score (nSPS) is 13.1. The van der Waals surface area contributed by atoms with Crippen molar-refractivity contribution in [2.75, 3.05) is 6.54 Å². The van der Waals surface area contributed by atoms with E-state index in [1.54, 1.807) is 48.5 Å². The minimum absolute atomic E-state index is 0.145. The number of aliphatic carboxylic acids is 1.